The van der Waals surface area contributed by atoms with Crippen molar-refractivity contribution in [1.82, 2.24) is 10.2 Å². The predicted molar refractivity (Wildman–Crippen MR) is 58.0 cm³/mol. The van der Waals surface area contributed by atoms with E-state index in [1.807, 2.05) is 11.4 Å². The van der Waals surface area contributed by atoms with Crippen molar-refractivity contribution in [1.29, 1.82) is 0 Å². The highest BCUT2D eigenvalue weighted by Gasteiger charge is 2.38. The van der Waals surface area contributed by atoms with Crippen LogP contribution in [-0.2, 0) is 6.18 Å². The summed E-state index contributed by atoms with van der Waals surface area (Å²) in [6.45, 7) is 0. The van der Waals surface area contributed by atoms with Gasteiger partial charge in [-0.1, -0.05) is 0 Å². The van der Waals surface area contributed by atoms with E-state index in [1.165, 1.54) is 22.7 Å². The van der Waals surface area contributed by atoms with E-state index >= 15 is 0 Å². The van der Waals surface area contributed by atoms with Crippen LogP contribution in [0.1, 0.15) is 5.89 Å². The van der Waals surface area contributed by atoms with E-state index in [0.717, 1.165) is 9.40 Å². The molecule has 0 radical (unpaired) electrons. The summed E-state index contributed by atoms with van der Waals surface area (Å²) in [6.07, 6.45) is -4.60. The van der Waals surface area contributed by atoms with Crippen LogP contribution in [-0.4, -0.2) is 10.2 Å². The number of fused-ring (bicyclic) bond motifs is 1. The molecule has 0 saturated carbocycles. The highest BCUT2D eigenvalue weighted by Crippen LogP contribution is 2.37. The van der Waals surface area contributed by atoms with Crippen molar-refractivity contribution >= 4 is 32.1 Å². The van der Waals surface area contributed by atoms with Crippen molar-refractivity contribution in [2.45, 2.75) is 6.18 Å². The zero-order chi connectivity index (χ0) is 12.0. The van der Waals surface area contributed by atoms with Crippen LogP contribution in [0.25, 0.3) is 20.2 Å². The fraction of sp³-hybridized carbons (Fsp3) is 0.111. The highest BCUT2D eigenvalue weighted by molar-refractivity contribution is 7.28. The van der Waals surface area contributed by atoms with Crippen LogP contribution < -0.4 is 0 Å². The van der Waals surface area contributed by atoms with Gasteiger partial charge in [-0.2, -0.15) is 13.2 Å². The molecule has 0 aromatic carbocycles. The molecule has 3 nitrogen and oxygen atoms in total. The maximum atomic E-state index is 12.3. The summed E-state index contributed by atoms with van der Waals surface area (Å²) in [7, 11) is 0. The number of alkyl halides is 3. The Morgan fingerprint density at radius 3 is 2.65 bits per heavy atom. The fourth-order valence-corrected chi connectivity index (χ4v) is 3.34. The van der Waals surface area contributed by atoms with E-state index in [0.29, 0.717) is 4.88 Å². The first-order valence-corrected chi connectivity index (χ1v) is 6.12. The lowest BCUT2D eigenvalue weighted by Crippen LogP contribution is -2.04. The molecule has 0 aliphatic rings. The van der Waals surface area contributed by atoms with Gasteiger partial charge in [0.2, 0.25) is 0 Å². The van der Waals surface area contributed by atoms with Crippen molar-refractivity contribution in [2.75, 3.05) is 0 Å². The molecule has 0 unspecified atom stereocenters. The number of halogens is 3. The zero-order valence-corrected chi connectivity index (χ0v) is 9.62. The molecule has 0 spiro atoms. The number of hydrogen-bond donors (Lipinski definition) is 0. The first kappa shape index (κ1) is 10.7. The zero-order valence-electron chi connectivity index (χ0n) is 7.99. The van der Waals surface area contributed by atoms with Crippen molar-refractivity contribution < 1.29 is 17.6 Å². The molecule has 0 amide bonds. The topological polar surface area (TPSA) is 38.9 Å². The predicted octanol–water partition coefficient (Wildman–Crippen LogP) is 4.03. The monoisotopic (exact) mass is 276 g/mol. The fourth-order valence-electron chi connectivity index (χ4n) is 1.31. The van der Waals surface area contributed by atoms with Gasteiger partial charge in [0.05, 0.1) is 4.88 Å². The molecule has 0 fully saturated rings. The molecule has 3 aromatic rings. The molecule has 0 aliphatic carbocycles. The average molecular weight is 276 g/mol. The third-order valence-electron chi connectivity index (χ3n) is 2.02. The van der Waals surface area contributed by atoms with Gasteiger partial charge in [0, 0.05) is 9.40 Å². The molecule has 0 N–H and O–H groups in total. The van der Waals surface area contributed by atoms with Crippen LogP contribution in [0.3, 0.4) is 0 Å². The molecular formula is C9H3F3N2OS2. The molecular weight excluding hydrogens is 273 g/mol. The second kappa shape index (κ2) is 3.54. The Morgan fingerprint density at radius 2 is 2.00 bits per heavy atom. The van der Waals surface area contributed by atoms with Gasteiger partial charge in [-0.25, -0.2) is 0 Å². The lowest BCUT2D eigenvalue weighted by Gasteiger charge is -1.96. The molecule has 0 atom stereocenters. The van der Waals surface area contributed by atoms with Crippen LogP contribution in [0.4, 0.5) is 13.2 Å². The summed E-state index contributed by atoms with van der Waals surface area (Å²) in [6, 6.07) is 3.65. The van der Waals surface area contributed by atoms with E-state index in [9.17, 15) is 13.2 Å². The van der Waals surface area contributed by atoms with Crippen molar-refractivity contribution in [3.8, 4) is 10.8 Å². The summed E-state index contributed by atoms with van der Waals surface area (Å²) in [4.78, 5) is 0.551. The van der Waals surface area contributed by atoms with Crippen LogP contribution in [0.5, 0.6) is 0 Å². The first-order chi connectivity index (χ1) is 8.04. The minimum absolute atomic E-state index is 0.0919. The molecule has 17 heavy (non-hydrogen) atoms. The third kappa shape index (κ3) is 1.83. The van der Waals surface area contributed by atoms with Crippen molar-refractivity contribution in [2.24, 2.45) is 0 Å². The molecule has 0 bridgehead atoms. The quantitative estimate of drug-likeness (QED) is 0.673. The molecule has 8 heteroatoms. The molecule has 3 aromatic heterocycles. The van der Waals surface area contributed by atoms with Crippen molar-refractivity contribution in [3.63, 3.8) is 0 Å². The average Bonchev–Trinajstić information content (AvgIpc) is 2.90. The van der Waals surface area contributed by atoms with Gasteiger partial charge in [-0.15, -0.1) is 32.9 Å². The van der Waals surface area contributed by atoms with E-state index in [4.69, 9.17) is 0 Å². The smallest absolute Gasteiger partial charge is 0.412 e. The summed E-state index contributed by atoms with van der Waals surface area (Å²) in [5, 5.41) is 8.31. The van der Waals surface area contributed by atoms with Gasteiger partial charge < -0.3 is 4.42 Å². The van der Waals surface area contributed by atoms with Gasteiger partial charge in [-0.3, -0.25) is 0 Å². The Kier molecular flexibility index (Phi) is 2.23. The van der Waals surface area contributed by atoms with Crippen LogP contribution in [0.15, 0.2) is 21.9 Å². The number of hydrogen-bond acceptors (Lipinski definition) is 5. The Labute approximate surface area is 101 Å². The van der Waals surface area contributed by atoms with Crippen LogP contribution in [0, 0.1) is 0 Å². The standard InChI is InChI=1S/C9H3F3N2OS2/c10-9(11,12)8-14-13-7(15-8)6-3-5-4(17-6)1-2-16-5/h1-3H. The Bertz CT molecular complexity index is 638. The van der Waals surface area contributed by atoms with Gasteiger partial charge in [0.1, 0.15) is 0 Å². The molecule has 3 heterocycles. The van der Waals surface area contributed by atoms with Crippen LogP contribution >= 0.6 is 22.7 Å². The van der Waals surface area contributed by atoms with Gasteiger partial charge >= 0.3 is 12.1 Å². The normalized spacial score (nSPS) is 12.4. The van der Waals surface area contributed by atoms with Crippen LogP contribution in [0.2, 0.25) is 0 Å². The second-order valence-corrected chi connectivity index (χ2v) is 5.20. The minimum atomic E-state index is -4.60. The molecule has 3 rings (SSSR count). The maximum absolute atomic E-state index is 12.3. The van der Waals surface area contributed by atoms with E-state index in [-0.39, 0.29) is 5.89 Å². The molecule has 0 aliphatic heterocycles. The Morgan fingerprint density at radius 1 is 1.18 bits per heavy atom. The van der Waals surface area contributed by atoms with E-state index in [1.54, 1.807) is 6.07 Å². The summed E-state index contributed by atoms with van der Waals surface area (Å²) in [5.41, 5.74) is 0. The van der Waals surface area contributed by atoms with Gasteiger partial charge in [-0.05, 0) is 17.5 Å². The highest BCUT2D eigenvalue weighted by atomic mass is 32.1. The van der Waals surface area contributed by atoms with E-state index in [2.05, 4.69) is 14.6 Å². The molecule has 88 valence electrons. The lowest BCUT2D eigenvalue weighted by molar-refractivity contribution is -0.156. The van der Waals surface area contributed by atoms with Gasteiger partial charge in [0.25, 0.3) is 5.89 Å². The summed E-state index contributed by atoms with van der Waals surface area (Å²) in [5.74, 6) is -1.41. The number of aromatic nitrogens is 2. The first-order valence-electron chi connectivity index (χ1n) is 4.42. The lowest BCUT2D eigenvalue weighted by atomic mass is 10.4. The van der Waals surface area contributed by atoms with Gasteiger partial charge in [0.15, 0.2) is 0 Å². The van der Waals surface area contributed by atoms with Crippen molar-refractivity contribution in [3.05, 3.63) is 23.4 Å². The summed E-state index contributed by atoms with van der Waals surface area (Å²) < 4.78 is 43.4. The SMILES string of the molecule is FC(F)(F)c1nnc(-c2cc3sccc3s2)o1. The minimum Gasteiger partial charge on any atom is -0.412 e. The number of nitrogens with zero attached hydrogens (tertiary/aromatic N) is 2. The number of rotatable bonds is 1. The van der Waals surface area contributed by atoms with E-state index < -0.39 is 12.1 Å². The number of thiophene rings is 2. The Balaban J connectivity index is 2.04. The largest absolute Gasteiger partial charge is 0.470 e. The summed E-state index contributed by atoms with van der Waals surface area (Å²) >= 11 is 2.84. The third-order valence-corrected chi connectivity index (χ3v) is 4.10. The Hall–Kier alpha value is -1.41. The second-order valence-electron chi connectivity index (χ2n) is 3.17. The molecule has 0 saturated heterocycles. The maximum Gasteiger partial charge on any atom is 0.470 e.